The molecule has 2 fully saturated rings. The van der Waals surface area contributed by atoms with Crippen LogP contribution < -0.4 is 4.90 Å². The normalized spacial score (nSPS) is 21.2. The standard InChI is InChI=1S/C25H29FN4/c26-22-11-8-20(9-12-22)19-28-15-17-29(18-16-28)25-7-3-4-14-30(25)24-13-10-21-5-1-2-6-23(21)27-24/h1-2,5-6,8-13,25H,3-4,7,14-19H2. The number of pyridine rings is 1. The van der Waals surface area contributed by atoms with Crippen molar-refractivity contribution in [1.29, 1.82) is 0 Å². The van der Waals surface area contributed by atoms with Gasteiger partial charge in [0.1, 0.15) is 11.6 Å². The first-order chi connectivity index (χ1) is 14.8. The van der Waals surface area contributed by atoms with Crippen LogP contribution >= 0.6 is 0 Å². The van der Waals surface area contributed by atoms with Crippen LogP contribution in [0.2, 0.25) is 0 Å². The number of piperidine rings is 1. The van der Waals surface area contributed by atoms with Gasteiger partial charge in [-0.2, -0.15) is 0 Å². The van der Waals surface area contributed by atoms with Crippen molar-refractivity contribution in [2.45, 2.75) is 32.0 Å². The van der Waals surface area contributed by atoms with E-state index in [4.69, 9.17) is 4.98 Å². The molecular formula is C25H29FN4. The number of hydrogen-bond acceptors (Lipinski definition) is 4. The lowest BCUT2D eigenvalue weighted by molar-refractivity contribution is 0.0791. The van der Waals surface area contributed by atoms with Gasteiger partial charge in [0.05, 0.1) is 11.7 Å². The van der Waals surface area contributed by atoms with Gasteiger partial charge in [-0.05, 0) is 55.2 Å². The molecule has 2 saturated heterocycles. The number of rotatable bonds is 4. The molecule has 30 heavy (non-hydrogen) atoms. The Bertz CT molecular complexity index is 982. The largest absolute Gasteiger partial charge is 0.341 e. The number of aromatic nitrogens is 1. The van der Waals surface area contributed by atoms with Crippen molar-refractivity contribution in [3.05, 3.63) is 72.0 Å². The lowest BCUT2D eigenvalue weighted by atomic mass is 10.1. The molecule has 156 valence electrons. The van der Waals surface area contributed by atoms with Gasteiger partial charge in [0.15, 0.2) is 0 Å². The third-order valence-corrected chi connectivity index (χ3v) is 6.50. The average Bonchev–Trinajstić information content (AvgIpc) is 2.81. The monoisotopic (exact) mass is 404 g/mol. The first-order valence-corrected chi connectivity index (χ1v) is 11.1. The fraction of sp³-hybridized carbons (Fsp3) is 0.400. The molecule has 5 rings (SSSR count). The fourth-order valence-corrected chi connectivity index (χ4v) is 4.84. The molecule has 0 amide bonds. The zero-order valence-corrected chi connectivity index (χ0v) is 17.4. The Morgan fingerprint density at radius 1 is 0.833 bits per heavy atom. The van der Waals surface area contributed by atoms with Gasteiger partial charge in [-0.3, -0.25) is 9.80 Å². The van der Waals surface area contributed by atoms with Crippen LogP contribution in [-0.4, -0.2) is 53.7 Å². The predicted molar refractivity (Wildman–Crippen MR) is 120 cm³/mol. The van der Waals surface area contributed by atoms with Crippen molar-refractivity contribution >= 4 is 16.7 Å². The van der Waals surface area contributed by atoms with Crippen LogP contribution in [0.3, 0.4) is 0 Å². The highest BCUT2D eigenvalue weighted by molar-refractivity contribution is 5.80. The predicted octanol–water partition coefficient (Wildman–Crippen LogP) is 4.51. The van der Waals surface area contributed by atoms with Crippen LogP contribution in [0, 0.1) is 5.82 Å². The summed E-state index contributed by atoms with van der Waals surface area (Å²) in [6.45, 7) is 6.20. The van der Waals surface area contributed by atoms with E-state index in [-0.39, 0.29) is 5.82 Å². The second-order valence-corrected chi connectivity index (χ2v) is 8.47. The molecule has 0 bridgehead atoms. The molecule has 0 radical (unpaired) electrons. The minimum absolute atomic E-state index is 0.164. The van der Waals surface area contributed by atoms with Crippen LogP contribution in [-0.2, 0) is 6.54 Å². The van der Waals surface area contributed by atoms with E-state index in [1.54, 1.807) is 12.1 Å². The highest BCUT2D eigenvalue weighted by Crippen LogP contribution is 2.28. The molecule has 0 aliphatic carbocycles. The number of anilines is 1. The smallest absolute Gasteiger partial charge is 0.130 e. The summed E-state index contributed by atoms with van der Waals surface area (Å²) >= 11 is 0. The number of fused-ring (bicyclic) bond motifs is 1. The highest BCUT2D eigenvalue weighted by atomic mass is 19.1. The molecule has 1 unspecified atom stereocenters. The van der Waals surface area contributed by atoms with Gasteiger partial charge >= 0.3 is 0 Å². The summed E-state index contributed by atoms with van der Waals surface area (Å²) in [4.78, 5) is 12.6. The molecule has 0 saturated carbocycles. The van der Waals surface area contributed by atoms with E-state index in [1.807, 2.05) is 12.1 Å². The van der Waals surface area contributed by atoms with Gasteiger partial charge in [0.25, 0.3) is 0 Å². The summed E-state index contributed by atoms with van der Waals surface area (Å²) in [6.07, 6.45) is 4.15. The minimum Gasteiger partial charge on any atom is -0.341 e. The zero-order chi connectivity index (χ0) is 20.3. The van der Waals surface area contributed by atoms with Crippen LogP contribution in [0.5, 0.6) is 0 Å². The molecule has 2 aromatic carbocycles. The van der Waals surface area contributed by atoms with Gasteiger partial charge in [-0.15, -0.1) is 0 Å². The SMILES string of the molecule is Fc1ccc(CN2CCN(C3CCCCN3c3ccc4ccccc4n3)CC2)cc1. The van der Waals surface area contributed by atoms with Gasteiger partial charge in [-0.25, -0.2) is 9.37 Å². The maximum atomic E-state index is 13.2. The Morgan fingerprint density at radius 3 is 2.47 bits per heavy atom. The Kier molecular flexibility index (Phi) is 5.65. The van der Waals surface area contributed by atoms with E-state index in [2.05, 4.69) is 51.1 Å². The molecule has 5 heteroatoms. The maximum Gasteiger partial charge on any atom is 0.130 e. The van der Waals surface area contributed by atoms with Crippen molar-refractivity contribution in [3.63, 3.8) is 0 Å². The van der Waals surface area contributed by atoms with E-state index >= 15 is 0 Å². The molecule has 0 spiro atoms. The molecule has 3 heterocycles. The summed E-state index contributed by atoms with van der Waals surface area (Å²) in [5.41, 5.74) is 2.26. The number of benzene rings is 2. The number of halogens is 1. The number of para-hydroxylation sites is 1. The Morgan fingerprint density at radius 2 is 1.63 bits per heavy atom. The van der Waals surface area contributed by atoms with E-state index in [1.165, 1.54) is 30.2 Å². The molecule has 2 aliphatic rings. The summed E-state index contributed by atoms with van der Waals surface area (Å²) in [5.74, 6) is 0.940. The lowest BCUT2D eigenvalue weighted by Crippen LogP contribution is -2.57. The Hall–Kier alpha value is -2.50. The van der Waals surface area contributed by atoms with Gasteiger partial charge in [-0.1, -0.05) is 30.3 Å². The second kappa shape index (κ2) is 8.70. The van der Waals surface area contributed by atoms with Crippen molar-refractivity contribution in [2.24, 2.45) is 0 Å². The highest BCUT2D eigenvalue weighted by Gasteiger charge is 2.31. The maximum absolute atomic E-state index is 13.2. The number of hydrogen-bond donors (Lipinski definition) is 0. The molecule has 1 atom stereocenters. The Balaban J connectivity index is 1.26. The van der Waals surface area contributed by atoms with Gasteiger partial charge < -0.3 is 4.90 Å². The topological polar surface area (TPSA) is 22.6 Å². The quantitative estimate of drug-likeness (QED) is 0.638. The molecule has 1 aromatic heterocycles. The summed E-state index contributed by atoms with van der Waals surface area (Å²) in [5, 5.41) is 1.20. The molecular weight excluding hydrogens is 375 g/mol. The van der Waals surface area contributed by atoms with Crippen LogP contribution in [0.4, 0.5) is 10.2 Å². The van der Waals surface area contributed by atoms with E-state index < -0.39 is 0 Å². The second-order valence-electron chi connectivity index (χ2n) is 8.47. The van der Waals surface area contributed by atoms with Crippen molar-refractivity contribution in [2.75, 3.05) is 37.6 Å². The molecule has 0 N–H and O–H groups in total. The molecule has 2 aliphatic heterocycles. The number of nitrogens with zero attached hydrogens (tertiary/aromatic N) is 4. The third kappa shape index (κ3) is 4.18. The molecule has 4 nitrogen and oxygen atoms in total. The van der Waals surface area contributed by atoms with Crippen LogP contribution in [0.15, 0.2) is 60.7 Å². The molecule has 3 aromatic rings. The van der Waals surface area contributed by atoms with Crippen LogP contribution in [0.1, 0.15) is 24.8 Å². The Labute approximate surface area is 177 Å². The van der Waals surface area contributed by atoms with Crippen molar-refractivity contribution in [3.8, 4) is 0 Å². The lowest BCUT2D eigenvalue weighted by Gasteiger charge is -2.46. The summed E-state index contributed by atoms with van der Waals surface area (Å²) in [7, 11) is 0. The first kappa shape index (κ1) is 19.5. The van der Waals surface area contributed by atoms with E-state index in [0.717, 1.165) is 50.6 Å². The summed E-state index contributed by atoms with van der Waals surface area (Å²) < 4.78 is 13.2. The van der Waals surface area contributed by atoms with Gasteiger partial charge in [0, 0.05) is 44.7 Å². The van der Waals surface area contributed by atoms with E-state index in [9.17, 15) is 4.39 Å². The summed E-state index contributed by atoms with van der Waals surface area (Å²) in [6, 6.07) is 19.7. The van der Waals surface area contributed by atoms with Gasteiger partial charge in [0.2, 0.25) is 0 Å². The fourth-order valence-electron chi connectivity index (χ4n) is 4.84. The average molecular weight is 405 g/mol. The van der Waals surface area contributed by atoms with Crippen LogP contribution in [0.25, 0.3) is 10.9 Å². The minimum atomic E-state index is -0.164. The third-order valence-electron chi connectivity index (χ3n) is 6.50. The van der Waals surface area contributed by atoms with Crippen molar-refractivity contribution < 1.29 is 4.39 Å². The zero-order valence-electron chi connectivity index (χ0n) is 17.4. The van der Waals surface area contributed by atoms with E-state index in [0.29, 0.717) is 6.17 Å². The van der Waals surface area contributed by atoms with Crippen molar-refractivity contribution in [1.82, 2.24) is 14.8 Å². The first-order valence-electron chi connectivity index (χ1n) is 11.1. The number of piperazine rings is 1.